The SMILES string of the molecule is COc1cc(C)c(C)cc1S(=O)(=O)Nc1cccc2c1OCC2. The molecule has 5 nitrogen and oxygen atoms in total. The van der Waals surface area contributed by atoms with E-state index in [-0.39, 0.29) is 4.90 Å². The Morgan fingerprint density at radius 3 is 2.65 bits per heavy atom. The first-order chi connectivity index (χ1) is 10.9. The van der Waals surface area contributed by atoms with Gasteiger partial charge in [-0.2, -0.15) is 0 Å². The number of benzene rings is 2. The summed E-state index contributed by atoms with van der Waals surface area (Å²) in [5.74, 6) is 0.938. The van der Waals surface area contributed by atoms with Crippen LogP contribution in [0.15, 0.2) is 35.2 Å². The number of fused-ring (bicyclic) bond motifs is 1. The molecule has 122 valence electrons. The summed E-state index contributed by atoms with van der Waals surface area (Å²) in [5, 5.41) is 0. The van der Waals surface area contributed by atoms with E-state index in [0.29, 0.717) is 23.8 Å². The van der Waals surface area contributed by atoms with Crippen molar-refractivity contribution in [2.75, 3.05) is 18.4 Å². The molecule has 1 N–H and O–H groups in total. The zero-order valence-electron chi connectivity index (χ0n) is 13.3. The molecule has 0 saturated heterocycles. The molecule has 23 heavy (non-hydrogen) atoms. The van der Waals surface area contributed by atoms with Gasteiger partial charge in [-0.3, -0.25) is 4.72 Å². The van der Waals surface area contributed by atoms with Crippen LogP contribution in [0.4, 0.5) is 5.69 Å². The largest absolute Gasteiger partial charge is 0.495 e. The second-order valence-electron chi connectivity index (χ2n) is 5.59. The molecule has 0 radical (unpaired) electrons. The molecular formula is C17H19NO4S. The van der Waals surface area contributed by atoms with Crippen molar-refractivity contribution in [3.63, 3.8) is 0 Å². The van der Waals surface area contributed by atoms with Gasteiger partial charge in [0.15, 0.2) is 0 Å². The van der Waals surface area contributed by atoms with Crippen molar-refractivity contribution in [1.29, 1.82) is 0 Å². The van der Waals surface area contributed by atoms with Crippen LogP contribution in [0.25, 0.3) is 0 Å². The van der Waals surface area contributed by atoms with Crippen molar-refractivity contribution in [3.05, 3.63) is 47.0 Å². The Kier molecular flexibility index (Phi) is 3.93. The Bertz CT molecular complexity index is 859. The monoisotopic (exact) mass is 333 g/mol. The fourth-order valence-electron chi connectivity index (χ4n) is 2.63. The minimum Gasteiger partial charge on any atom is -0.495 e. The Labute approximate surface area is 136 Å². The minimum absolute atomic E-state index is 0.124. The van der Waals surface area contributed by atoms with Crippen LogP contribution in [0.5, 0.6) is 11.5 Å². The number of methoxy groups -OCH3 is 1. The smallest absolute Gasteiger partial charge is 0.265 e. The molecule has 0 aromatic heterocycles. The van der Waals surface area contributed by atoms with E-state index < -0.39 is 10.0 Å². The van der Waals surface area contributed by atoms with Crippen LogP contribution in [0.1, 0.15) is 16.7 Å². The highest BCUT2D eigenvalue weighted by Crippen LogP contribution is 2.36. The first-order valence-corrected chi connectivity index (χ1v) is 8.83. The first-order valence-electron chi connectivity index (χ1n) is 7.35. The molecule has 2 aromatic carbocycles. The third-order valence-electron chi connectivity index (χ3n) is 4.03. The molecule has 2 aromatic rings. The second kappa shape index (κ2) is 5.77. The van der Waals surface area contributed by atoms with E-state index in [1.807, 2.05) is 26.0 Å². The Morgan fingerprint density at radius 1 is 1.17 bits per heavy atom. The van der Waals surface area contributed by atoms with Gasteiger partial charge < -0.3 is 9.47 Å². The van der Waals surface area contributed by atoms with Gasteiger partial charge in [0, 0.05) is 6.42 Å². The van der Waals surface area contributed by atoms with Gasteiger partial charge in [0.1, 0.15) is 16.4 Å². The highest BCUT2D eigenvalue weighted by molar-refractivity contribution is 7.92. The molecule has 0 atom stereocenters. The number of aryl methyl sites for hydroxylation is 2. The number of sulfonamides is 1. The maximum absolute atomic E-state index is 12.8. The molecule has 3 rings (SSSR count). The van der Waals surface area contributed by atoms with Crippen LogP contribution in [0.2, 0.25) is 0 Å². The minimum atomic E-state index is -3.77. The molecule has 1 heterocycles. The standard InChI is InChI=1S/C17H19NO4S/c1-11-9-15(21-3)16(10-12(11)2)23(19,20)18-14-6-4-5-13-7-8-22-17(13)14/h4-6,9-10,18H,7-8H2,1-3H3. The Hall–Kier alpha value is -2.21. The van der Waals surface area contributed by atoms with Crippen molar-refractivity contribution in [3.8, 4) is 11.5 Å². The summed E-state index contributed by atoms with van der Waals surface area (Å²) in [5.41, 5.74) is 3.34. The van der Waals surface area contributed by atoms with Gasteiger partial charge in [0.25, 0.3) is 10.0 Å². The summed E-state index contributed by atoms with van der Waals surface area (Å²) in [6, 6.07) is 8.82. The van der Waals surface area contributed by atoms with E-state index in [1.165, 1.54) is 7.11 Å². The average Bonchev–Trinajstić information content (AvgIpc) is 2.99. The van der Waals surface area contributed by atoms with Gasteiger partial charge >= 0.3 is 0 Å². The normalized spacial score (nSPS) is 13.3. The molecule has 1 aliphatic rings. The maximum Gasteiger partial charge on any atom is 0.265 e. The summed E-state index contributed by atoms with van der Waals surface area (Å²) in [7, 11) is -2.31. The number of ether oxygens (including phenoxy) is 2. The summed E-state index contributed by atoms with van der Waals surface area (Å²) in [6.07, 6.45) is 0.790. The second-order valence-corrected chi connectivity index (χ2v) is 7.24. The van der Waals surface area contributed by atoms with Crippen LogP contribution in [0.3, 0.4) is 0 Å². The third kappa shape index (κ3) is 2.86. The van der Waals surface area contributed by atoms with Crippen LogP contribution in [-0.4, -0.2) is 22.1 Å². The van der Waals surface area contributed by atoms with E-state index in [1.54, 1.807) is 18.2 Å². The number of hydrogen-bond acceptors (Lipinski definition) is 4. The fraction of sp³-hybridized carbons (Fsp3) is 0.294. The summed E-state index contributed by atoms with van der Waals surface area (Å²) >= 11 is 0. The van der Waals surface area contributed by atoms with Crippen LogP contribution < -0.4 is 14.2 Å². The number of rotatable bonds is 4. The van der Waals surface area contributed by atoms with Crippen LogP contribution >= 0.6 is 0 Å². The predicted molar refractivity (Wildman–Crippen MR) is 88.9 cm³/mol. The van der Waals surface area contributed by atoms with Crippen molar-refractivity contribution in [2.24, 2.45) is 0 Å². The molecule has 6 heteroatoms. The van der Waals surface area contributed by atoms with Gasteiger partial charge in [-0.25, -0.2) is 8.42 Å². The molecule has 0 unspecified atom stereocenters. The molecule has 1 aliphatic heterocycles. The van der Waals surface area contributed by atoms with E-state index in [2.05, 4.69) is 4.72 Å². The number of hydrogen-bond donors (Lipinski definition) is 1. The molecule has 0 aliphatic carbocycles. The zero-order valence-corrected chi connectivity index (χ0v) is 14.2. The summed E-state index contributed by atoms with van der Waals surface area (Å²) in [6.45, 7) is 4.36. The number of anilines is 1. The summed E-state index contributed by atoms with van der Waals surface area (Å²) < 4.78 is 39.0. The van der Waals surface area contributed by atoms with Crippen LogP contribution in [0, 0.1) is 13.8 Å². The first kappa shape index (κ1) is 15.7. The van der Waals surface area contributed by atoms with Gasteiger partial charge in [-0.05, 0) is 48.7 Å². The van der Waals surface area contributed by atoms with Crippen molar-refractivity contribution < 1.29 is 17.9 Å². The van der Waals surface area contributed by atoms with Crippen molar-refractivity contribution >= 4 is 15.7 Å². The predicted octanol–water partition coefficient (Wildman–Crippen LogP) is 3.05. The maximum atomic E-state index is 12.8. The van der Waals surface area contributed by atoms with E-state index in [9.17, 15) is 8.42 Å². The molecule has 0 amide bonds. The average molecular weight is 333 g/mol. The molecule has 0 fully saturated rings. The summed E-state index contributed by atoms with van der Waals surface area (Å²) in [4.78, 5) is 0.124. The lowest BCUT2D eigenvalue weighted by molar-refractivity contribution is 0.358. The van der Waals surface area contributed by atoms with Crippen LogP contribution in [-0.2, 0) is 16.4 Å². The molecular weight excluding hydrogens is 314 g/mol. The van der Waals surface area contributed by atoms with Gasteiger partial charge in [-0.15, -0.1) is 0 Å². The fourth-order valence-corrected chi connectivity index (χ4v) is 3.93. The lowest BCUT2D eigenvalue weighted by Gasteiger charge is -2.15. The van der Waals surface area contributed by atoms with E-state index >= 15 is 0 Å². The van der Waals surface area contributed by atoms with Gasteiger partial charge in [0.05, 0.1) is 19.4 Å². The zero-order chi connectivity index (χ0) is 16.6. The van der Waals surface area contributed by atoms with E-state index in [0.717, 1.165) is 23.1 Å². The highest BCUT2D eigenvalue weighted by atomic mass is 32.2. The molecule has 0 saturated carbocycles. The highest BCUT2D eigenvalue weighted by Gasteiger charge is 2.24. The van der Waals surface area contributed by atoms with Gasteiger partial charge in [-0.1, -0.05) is 12.1 Å². The Balaban J connectivity index is 2.04. The van der Waals surface area contributed by atoms with Crippen molar-refractivity contribution in [2.45, 2.75) is 25.2 Å². The quantitative estimate of drug-likeness (QED) is 0.934. The van der Waals surface area contributed by atoms with E-state index in [4.69, 9.17) is 9.47 Å². The number of para-hydroxylation sites is 1. The Morgan fingerprint density at radius 2 is 1.91 bits per heavy atom. The lowest BCUT2D eigenvalue weighted by Crippen LogP contribution is -2.15. The molecule has 0 bridgehead atoms. The topological polar surface area (TPSA) is 64.6 Å². The number of nitrogens with one attached hydrogen (secondary N) is 1. The lowest BCUT2D eigenvalue weighted by atomic mass is 10.1. The third-order valence-corrected chi connectivity index (χ3v) is 5.41. The van der Waals surface area contributed by atoms with Crippen molar-refractivity contribution in [1.82, 2.24) is 0 Å². The molecule has 0 spiro atoms. The van der Waals surface area contributed by atoms with Gasteiger partial charge in [0.2, 0.25) is 0 Å².